The SMILES string of the molecule is CCC(CC)C(CC)CC(N)C(=O)O. The van der Waals surface area contributed by atoms with Gasteiger partial charge in [-0.15, -0.1) is 0 Å². The van der Waals surface area contributed by atoms with Crippen LogP contribution in [-0.2, 0) is 4.79 Å². The van der Waals surface area contributed by atoms with Gasteiger partial charge in [0.1, 0.15) is 6.04 Å². The highest BCUT2D eigenvalue weighted by molar-refractivity contribution is 5.73. The Kier molecular flexibility index (Phi) is 6.54. The highest BCUT2D eigenvalue weighted by Crippen LogP contribution is 2.26. The Morgan fingerprint density at radius 2 is 1.57 bits per heavy atom. The van der Waals surface area contributed by atoms with Crippen LogP contribution in [0, 0.1) is 11.8 Å². The predicted molar refractivity (Wildman–Crippen MR) is 58.1 cm³/mol. The molecule has 0 amide bonds. The van der Waals surface area contributed by atoms with Crippen molar-refractivity contribution in [3.05, 3.63) is 0 Å². The lowest BCUT2D eigenvalue weighted by Crippen LogP contribution is -2.34. The first-order valence-corrected chi connectivity index (χ1v) is 5.55. The molecule has 2 unspecified atom stereocenters. The Bertz CT molecular complexity index is 167. The first-order valence-electron chi connectivity index (χ1n) is 5.55. The maximum atomic E-state index is 10.6. The van der Waals surface area contributed by atoms with Crippen LogP contribution < -0.4 is 5.73 Å². The van der Waals surface area contributed by atoms with Crippen LogP contribution in [-0.4, -0.2) is 17.1 Å². The van der Waals surface area contributed by atoms with E-state index in [-0.39, 0.29) is 0 Å². The fourth-order valence-electron chi connectivity index (χ4n) is 2.07. The number of carboxylic acid groups (broad SMARTS) is 1. The number of hydrogen-bond acceptors (Lipinski definition) is 2. The van der Waals surface area contributed by atoms with Crippen molar-refractivity contribution in [2.75, 3.05) is 0 Å². The van der Waals surface area contributed by atoms with Gasteiger partial charge >= 0.3 is 5.97 Å². The number of carbonyl (C=O) groups is 1. The van der Waals surface area contributed by atoms with E-state index < -0.39 is 12.0 Å². The van der Waals surface area contributed by atoms with Crippen LogP contribution in [0.3, 0.4) is 0 Å². The molecule has 0 bridgehead atoms. The van der Waals surface area contributed by atoms with Gasteiger partial charge in [0, 0.05) is 0 Å². The molecule has 3 heteroatoms. The number of hydrogen-bond donors (Lipinski definition) is 2. The van der Waals surface area contributed by atoms with E-state index >= 15 is 0 Å². The predicted octanol–water partition coefficient (Wildman–Crippen LogP) is 2.25. The molecule has 0 aromatic heterocycles. The fourth-order valence-corrected chi connectivity index (χ4v) is 2.07. The van der Waals surface area contributed by atoms with Gasteiger partial charge in [-0.2, -0.15) is 0 Å². The normalized spacial score (nSPS) is 15.5. The second kappa shape index (κ2) is 6.82. The number of aliphatic carboxylic acids is 1. The zero-order valence-electron chi connectivity index (χ0n) is 9.49. The maximum absolute atomic E-state index is 10.6. The lowest BCUT2D eigenvalue weighted by atomic mass is 9.82. The van der Waals surface area contributed by atoms with E-state index in [1.807, 2.05) is 0 Å². The molecule has 0 aliphatic carbocycles. The summed E-state index contributed by atoms with van der Waals surface area (Å²) in [6.07, 6.45) is 3.86. The van der Waals surface area contributed by atoms with E-state index in [9.17, 15) is 4.79 Å². The lowest BCUT2D eigenvalue weighted by Gasteiger charge is -2.25. The van der Waals surface area contributed by atoms with Crippen molar-refractivity contribution in [1.82, 2.24) is 0 Å². The molecule has 0 fully saturated rings. The quantitative estimate of drug-likeness (QED) is 0.664. The smallest absolute Gasteiger partial charge is 0.320 e. The summed E-state index contributed by atoms with van der Waals surface area (Å²) < 4.78 is 0. The molecule has 0 radical (unpaired) electrons. The number of nitrogens with two attached hydrogens (primary N) is 1. The van der Waals surface area contributed by atoms with Crippen LogP contribution in [0.2, 0.25) is 0 Å². The van der Waals surface area contributed by atoms with Gasteiger partial charge in [-0.25, -0.2) is 0 Å². The van der Waals surface area contributed by atoms with E-state index in [1.165, 1.54) is 0 Å². The van der Waals surface area contributed by atoms with Crippen LogP contribution in [0.4, 0.5) is 0 Å². The van der Waals surface area contributed by atoms with Gasteiger partial charge in [-0.3, -0.25) is 4.79 Å². The summed E-state index contributed by atoms with van der Waals surface area (Å²) in [6.45, 7) is 6.42. The summed E-state index contributed by atoms with van der Waals surface area (Å²) in [4.78, 5) is 10.6. The second-order valence-corrected chi connectivity index (χ2v) is 3.93. The Morgan fingerprint density at radius 1 is 1.14 bits per heavy atom. The highest BCUT2D eigenvalue weighted by atomic mass is 16.4. The Balaban J connectivity index is 4.19. The molecule has 14 heavy (non-hydrogen) atoms. The molecule has 84 valence electrons. The maximum Gasteiger partial charge on any atom is 0.320 e. The molecular weight excluding hydrogens is 178 g/mol. The van der Waals surface area contributed by atoms with Crippen molar-refractivity contribution >= 4 is 5.97 Å². The van der Waals surface area contributed by atoms with Crippen molar-refractivity contribution in [3.8, 4) is 0 Å². The van der Waals surface area contributed by atoms with Crippen molar-refractivity contribution in [2.24, 2.45) is 17.6 Å². The minimum atomic E-state index is -0.880. The molecule has 0 aromatic carbocycles. The summed E-state index contributed by atoms with van der Waals surface area (Å²) in [5.41, 5.74) is 5.54. The summed E-state index contributed by atoms with van der Waals surface area (Å²) in [5, 5.41) is 8.73. The molecule has 2 atom stereocenters. The Labute approximate surface area is 86.7 Å². The monoisotopic (exact) mass is 201 g/mol. The molecule has 0 aromatic rings. The van der Waals surface area contributed by atoms with E-state index in [2.05, 4.69) is 20.8 Å². The van der Waals surface area contributed by atoms with E-state index in [0.29, 0.717) is 18.3 Å². The van der Waals surface area contributed by atoms with Crippen LogP contribution in [0.25, 0.3) is 0 Å². The van der Waals surface area contributed by atoms with E-state index in [4.69, 9.17) is 10.8 Å². The molecule has 0 spiro atoms. The molecule has 3 N–H and O–H groups in total. The van der Waals surface area contributed by atoms with Crippen LogP contribution >= 0.6 is 0 Å². The zero-order valence-corrected chi connectivity index (χ0v) is 9.49. The third-order valence-corrected chi connectivity index (χ3v) is 3.11. The van der Waals surface area contributed by atoms with Gasteiger partial charge in [-0.05, 0) is 18.3 Å². The van der Waals surface area contributed by atoms with Crippen molar-refractivity contribution in [1.29, 1.82) is 0 Å². The van der Waals surface area contributed by atoms with E-state index in [1.54, 1.807) is 0 Å². The molecule has 0 heterocycles. The molecular formula is C11H23NO2. The molecule has 0 saturated carbocycles. The average Bonchev–Trinajstić information content (AvgIpc) is 2.17. The fraction of sp³-hybridized carbons (Fsp3) is 0.909. The topological polar surface area (TPSA) is 63.3 Å². The van der Waals surface area contributed by atoms with Gasteiger partial charge < -0.3 is 10.8 Å². The Hall–Kier alpha value is -0.570. The molecule has 0 aliphatic heterocycles. The van der Waals surface area contributed by atoms with Gasteiger partial charge in [0.05, 0.1) is 0 Å². The molecule has 0 aliphatic rings. The summed E-state index contributed by atoms with van der Waals surface area (Å²) in [6, 6.07) is -0.694. The summed E-state index contributed by atoms with van der Waals surface area (Å²) in [5.74, 6) is 0.191. The first-order chi connectivity index (χ1) is 6.56. The molecule has 0 saturated heterocycles. The first kappa shape index (κ1) is 13.4. The van der Waals surface area contributed by atoms with Gasteiger partial charge in [0.25, 0.3) is 0 Å². The third kappa shape index (κ3) is 4.09. The van der Waals surface area contributed by atoms with Crippen molar-refractivity contribution in [3.63, 3.8) is 0 Å². The van der Waals surface area contributed by atoms with Gasteiger partial charge in [0.2, 0.25) is 0 Å². The standard InChI is InChI=1S/C11H23NO2/c1-4-8(5-2)9(6-3)7-10(12)11(13)14/h8-10H,4-7,12H2,1-3H3,(H,13,14). The van der Waals surface area contributed by atoms with Crippen molar-refractivity contribution in [2.45, 2.75) is 52.5 Å². The van der Waals surface area contributed by atoms with Gasteiger partial charge in [0.15, 0.2) is 0 Å². The number of rotatable bonds is 7. The lowest BCUT2D eigenvalue weighted by molar-refractivity contribution is -0.139. The second-order valence-electron chi connectivity index (χ2n) is 3.93. The average molecular weight is 201 g/mol. The largest absolute Gasteiger partial charge is 0.480 e. The summed E-state index contributed by atoms with van der Waals surface area (Å²) >= 11 is 0. The Morgan fingerprint density at radius 3 is 1.86 bits per heavy atom. The van der Waals surface area contributed by atoms with Crippen LogP contribution in [0.5, 0.6) is 0 Å². The number of carboxylic acids is 1. The molecule has 3 nitrogen and oxygen atoms in total. The van der Waals surface area contributed by atoms with Crippen LogP contribution in [0.15, 0.2) is 0 Å². The van der Waals surface area contributed by atoms with E-state index in [0.717, 1.165) is 19.3 Å². The highest BCUT2D eigenvalue weighted by Gasteiger charge is 2.22. The minimum absolute atomic E-state index is 0.455. The molecule has 0 rings (SSSR count). The van der Waals surface area contributed by atoms with Gasteiger partial charge in [-0.1, -0.05) is 40.0 Å². The third-order valence-electron chi connectivity index (χ3n) is 3.11. The minimum Gasteiger partial charge on any atom is -0.480 e. The summed E-state index contributed by atoms with van der Waals surface area (Å²) in [7, 11) is 0. The van der Waals surface area contributed by atoms with Crippen molar-refractivity contribution < 1.29 is 9.90 Å². The van der Waals surface area contributed by atoms with Crippen LogP contribution in [0.1, 0.15) is 46.5 Å². The zero-order chi connectivity index (χ0) is 11.1.